The second-order valence-corrected chi connectivity index (χ2v) is 9.28. The molecular formula is C22H30F3N3O4. The van der Waals surface area contributed by atoms with E-state index in [0.717, 1.165) is 6.07 Å². The number of aliphatic carboxylic acids is 1. The number of anilines is 1. The highest BCUT2D eigenvalue weighted by molar-refractivity contribution is 5.79. The molecule has 32 heavy (non-hydrogen) atoms. The summed E-state index contributed by atoms with van der Waals surface area (Å²) >= 11 is 0. The second kappa shape index (κ2) is 9.17. The van der Waals surface area contributed by atoms with Crippen molar-refractivity contribution in [2.75, 3.05) is 37.6 Å². The van der Waals surface area contributed by atoms with Crippen molar-refractivity contribution >= 4 is 17.7 Å². The Morgan fingerprint density at radius 2 is 1.75 bits per heavy atom. The number of alkyl halides is 3. The third kappa shape index (κ3) is 5.85. The number of benzene rings is 1. The van der Waals surface area contributed by atoms with Crippen LogP contribution in [0.25, 0.3) is 0 Å². The molecule has 1 aromatic carbocycles. The fourth-order valence-corrected chi connectivity index (χ4v) is 4.14. The minimum atomic E-state index is -4.57. The Hall–Kier alpha value is -2.49. The van der Waals surface area contributed by atoms with E-state index in [4.69, 9.17) is 4.74 Å². The predicted molar refractivity (Wildman–Crippen MR) is 113 cm³/mol. The molecular weight excluding hydrogens is 427 g/mol. The van der Waals surface area contributed by atoms with Crippen LogP contribution in [-0.4, -0.2) is 71.3 Å². The Kier molecular flexibility index (Phi) is 6.92. The Labute approximate surface area is 185 Å². The van der Waals surface area contributed by atoms with Crippen molar-refractivity contribution in [3.63, 3.8) is 0 Å². The first-order valence-electron chi connectivity index (χ1n) is 10.7. The monoisotopic (exact) mass is 457 g/mol. The molecule has 0 unspecified atom stereocenters. The number of piperazine rings is 1. The molecule has 1 aromatic rings. The largest absolute Gasteiger partial charge is 0.480 e. The van der Waals surface area contributed by atoms with Crippen LogP contribution in [0.4, 0.5) is 23.7 Å². The van der Waals surface area contributed by atoms with Gasteiger partial charge in [-0.15, -0.1) is 0 Å². The molecule has 3 rings (SSSR count). The van der Waals surface area contributed by atoms with Crippen LogP contribution in [0.1, 0.15) is 44.7 Å². The first-order valence-corrected chi connectivity index (χ1v) is 10.7. The van der Waals surface area contributed by atoms with E-state index in [1.807, 2.05) is 0 Å². The Morgan fingerprint density at radius 3 is 2.31 bits per heavy atom. The number of hydrogen-bond donors (Lipinski definition) is 1. The molecule has 2 fully saturated rings. The average Bonchev–Trinajstić information content (AvgIpc) is 3.16. The molecule has 2 saturated heterocycles. The second-order valence-electron chi connectivity index (χ2n) is 9.28. The summed E-state index contributed by atoms with van der Waals surface area (Å²) in [5.74, 6) is -1.11. The minimum Gasteiger partial charge on any atom is -0.480 e. The Balaban J connectivity index is 1.72. The lowest BCUT2D eigenvalue weighted by atomic mass is 10.1. The summed E-state index contributed by atoms with van der Waals surface area (Å²) in [6, 6.07) is 2.99. The summed E-state index contributed by atoms with van der Waals surface area (Å²) in [6.45, 7) is 8.17. The number of carboxylic acid groups (broad SMARTS) is 1. The van der Waals surface area contributed by atoms with Crippen LogP contribution in [0.2, 0.25) is 0 Å². The van der Waals surface area contributed by atoms with Gasteiger partial charge in [-0.25, -0.2) is 9.59 Å². The highest BCUT2D eigenvalue weighted by Gasteiger charge is 2.39. The number of hydrogen-bond acceptors (Lipinski definition) is 5. The summed E-state index contributed by atoms with van der Waals surface area (Å²) in [4.78, 5) is 28.8. The number of carboxylic acids is 1. The molecule has 0 bridgehead atoms. The SMILES string of the molecule is CC(C)(C)OC(=O)N1CCN(Cc2ccc(C(F)(F)F)c(N3CCC[C@H]3C(=O)O)c2)CC1. The first kappa shape index (κ1) is 24.2. The van der Waals surface area contributed by atoms with Gasteiger partial charge >= 0.3 is 18.2 Å². The normalized spacial score (nSPS) is 20.5. The lowest BCUT2D eigenvalue weighted by Crippen LogP contribution is -2.49. The van der Waals surface area contributed by atoms with E-state index in [-0.39, 0.29) is 18.3 Å². The highest BCUT2D eigenvalue weighted by Crippen LogP contribution is 2.40. The van der Waals surface area contributed by atoms with Gasteiger partial charge in [0.05, 0.1) is 5.56 Å². The zero-order valence-electron chi connectivity index (χ0n) is 18.6. The van der Waals surface area contributed by atoms with Gasteiger partial charge in [0, 0.05) is 45.0 Å². The van der Waals surface area contributed by atoms with Crippen molar-refractivity contribution in [1.29, 1.82) is 0 Å². The Morgan fingerprint density at radius 1 is 1.09 bits per heavy atom. The first-order chi connectivity index (χ1) is 14.8. The molecule has 2 aliphatic rings. The van der Waals surface area contributed by atoms with Crippen molar-refractivity contribution in [1.82, 2.24) is 9.80 Å². The third-order valence-corrected chi connectivity index (χ3v) is 5.65. The summed E-state index contributed by atoms with van der Waals surface area (Å²) in [6.07, 6.45) is -4.09. The summed E-state index contributed by atoms with van der Waals surface area (Å²) in [5, 5.41) is 9.44. The highest BCUT2D eigenvalue weighted by atomic mass is 19.4. The molecule has 0 spiro atoms. The van der Waals surface area contributed by atoms with Crippen molar-refractivity contribution < 1.29 is 32.6 Å². The van der Waals surface area contributed by atoms with Gasteiger partial charge in [0.25, 0.3) is 0 Å². The summed E-state index contributed by atoms with van der Waals surface area (Å²) in [5.41, 5.74) is -0.792. The molecule has 0 radical (unpaired) electrons. The van der Waals surface area contributed by atoms with Crippen molar-refractivity contribution in [2.45, 2.75) is 58.0 Å². The molecule has 0 saturated carbocycles. The average molecular weight is 457 g/mol. The van der Waals surface area contributed by atoms with Crippen LogP contribution in [0, 0.1) is 0 Å². The predicted octanol–water partition coefficient (Wildman–Crippen LogP) is 3.81. The van der Waals surface area contributed by atoms with Gasteiger partial charge in [0.2, 0.25) is 0 Å². The quantitative estimate of drug-likeness (QED) is 0.741. The van der Waals surface area contributed by atoms with Gasteiger partial charge in [-0.3, -0.25) is 4.90 Å². The fourth-order valence-electron chi connectivity index (χ4n) is 4.14. The van der Waals surface area contributed by atoms with E-state index in [1.165, 1.54) is 17.0 Å². The van der Waals surface area contributed by atoms with Crippen LogP contribution in [0.5, 0.6) is 0 Å². The van der Waals surface area contributed by atoms with Crippen LogP contribution in [0.3, 0.4) is 0 Å². The zero-order chi connectivity index (χ0) is 23.7. The number of rotatable bonds is 4. The topological polar surface area (TPSA) is 73.3 Å². The van der Waals surface area contributed by atoms with E-state index in [0.29, 0.717) is 51.1 Å². The molecule has 1 N–H and O–H groups in total. The summed E-state index contributed by atoms with van der Waals surface area (Å²) < 4.78 is 46.3. The minimum absolute atomic E-state index is 0.0766. The van der Waals surface area contributed by atoms with Crippen molar-refractivity contribution in [3.05, 3.63) is 29.3 Å². The standard InChI is InChI=1S/C22H30F3N3O4/c1-21(2,3)32-20(31)27-11-9-26(10-12-27)14-15-6-7-16(22(23,24)25)18(13-15)28-8-4-5-17(28)19(29)30/h6-7,13,17H,4-5,8-12,14H2,1-3H3,(H,29,30)/t17-/m0/s1. The maximum absolute atomic E-state index is 13.6. The molecule has 0 aliphatic carbocycles. The van der Waals surface area contributed by atoms with E-state index in [9.17, 15) is 27.9 Å². The number of carbonyl (C=O) groups is 2. The maximum Gasteiger partial charge on any atom is 0.418 e. The number of carbonyl (C=O) groups excluding carboxylic acids is 1. The third-order valence-electron chi connectivity index (χ3n) is 5.65. The number of halogens is 3. The molecule has 2 heterocycles. The van der Waals surface area contributed by atoms with E-state index < -0.39 is 29.4 Å². The van der Waals surface area contributed by atoms with Gasteiger partial charge in [0.1, 0.15) is 11.6 Å². The maximum atomic E-state index is 13.6. The van der Waals surface area contributed by atoms with Gasteiger partial charge in [-0.05, 0) is 51.3 Å². The molecule has 178 valence electrons. The van der Waals surface area contributed by atoms with Crippen LogP contribution < -0.4 is 4.90 Å². The number of nitrogens with zero attached hydrogens (tertiary/aromatic N) is 3. The van der Waals surface area contributed by atoms with Crippen LogP contribution in [-0.2, 0) is 22.3 Å². The number of amides is 1. The summed E-state index contributed by atoms with van der Waals surface area (Å²) in [7, 11) is 0. The number of ether oxygens (including phenoxy) is 1. The van der Waals surface area contributed by atoms with Crippen molar-refractivity contribution in [2.24, 2.45) is 0 Å². The molecule has 7 nitrogen and oxygen atoms in total. The van der Waals surface area contributed by atoms with Gasteiger partial charge in [-0.1, -0.05) is 6.07 Å². The Bertz CT molecular complexity index is 846. The van der Waals surface area contributed by atoms with E-state index in [2.05, 4.69) is 4.90 Å². The van der Waals surface area contributed by atoms with Crippen LogP contribution in [0.15, 0.2) is 18.2 Å². The molecule has 2 aliphatic heterocycles. The molecule has 1 atom stereocenters. The molecule has 10 heteroatoms. The van der Waals surface area contributed by atoms with Crippen molar-refractivity contribution in [3.8, 4) is 0 Å². The van der Waals surface area contributed by atoms with E-state index >= 15 is 0 Å². The van der Waals surface area contributed by atoms with Crippen LogP contribution >= 0.6 is 0 Å². The van der Waals surface area contributed by atoms with E-state index in [1.54, 1.807) is 25.7 Å². The smallest absolute Gasteiger partial charge is 0.418 e. The van der Waals surface area contributed by atoms with Gasteiger partial charge in [0.15, 0.2) is 0 Å². The van der Waals surface area contributed by atoms with Gasteiger partial charge < -0.3 is 19.6 Å². The molecule has 0 aromatic heterocycles. The fraction of sp³-hybridized carbons (Fsp3) is 0.636. The van der Waals surface area contributed by atoms with Gasteiger partial charge in [-0.2, -0.15) is 13.2 Å². The lowest BCUT2D eigenvalue weighted by molar-refractivity contribution is -0.140. The zero-order valence-corrected chi connectivity index (χ0v) is 18.6. The lowest BCUT2D eigenvalue weighted by Gasteiger charge is -2.36. The molecule has 1 amide bonds.